The van der Waals surface area contributed by atoms with E-state index < -0.39 is 0 Å². The minimum Gasteiger partial charge on any atom is -0.384 e. The van der Waals surface area contributed by atoms with Crippen LogP contribution in [0.2, 0.25) is 0 Å². The third-order valence-corrected chi connectivity index (χ3v) is 3.32. The first-order valence-electron chi connectivity index (χ1n) is 6.56. The van der Waals surface area contributed by atoms with Crippen LogP contribution < -0.4 is 5.32 Å². The number of hydrogen-bond acceptors (Lipinski definition) is 2. The summed E-state index contributed by atoms with van der Waals surface area (Å²) in [5.41, 5.74) is 2.74. The molecule has 17 heavy (non-hydrogen) atoms. The van der Waals surface area contributed by atoms with Crippen LogP contribution >= 0.6 is 0 Å². The SMILES string of the molecule is COCC(CNC1CC1)Cc1ccc(C)cc1. The summed E-state index contributed by atoms with van der Waals surface area (Å²) in [7, 11) is 1.79. The average molecular weight is 233 g/mol. The van der Waals surface area contributed by atoms with Gasteiger partial charge in [0.2, 0.25) is 0 Å². The molecule has 2 nitrogen and oxygen atoms in total. The van der Waals surface area contributed by atoms with Crippen molar-refractivity contribution in [3.05, 3.63) is 35.4 Å². The van der Waals surface area contributed by atoms with Gasteiger partial charge in [-0.25, -0.2) is 0 Å². The number of benzene rings is 1. The van der Waals surface area contributed by atoms with E-state index in [0.29, 0.717) is 5.92 Å². The van der Waals surface area contributed by atoms with E-state index in [1.807, 2.05) is 0 Å². The monoisotopic (exact) mass is 233 g/mol. The van der Waals surface area contributed by atoms with Gasteiger partial charge in [0.1, 0.15) is 0 Å². The molecule has 0 radical (unpaired) electrons. The van der Waals surface area contributed by atoms with Crippen LogP contribution in [0.3, 0.4) is 0 Å². The Kier molecular flexibility index (Phi) is 4.57. The fourth-order valence-electron chi connectivity index (χ4n) is 2.10. The van der Waals surface area contributed by atoms with Gasteiger partial charge in [0.05, 0.1) is 6.61 Å². The van der Waals surface area contributed by atoms with Crippen LogP contribution in [0.1, 0.15) is 24.0 Å². The maximum Gasteiger partial charge on any atom is 0.0505 e. The average Bonchev–Trinajstić information content (AvgIpc) is 3.13. The molecule has 1 aromatic rings. The molecule has 0 spiro atoms. The molecule has 94 valence electrons. The van der Waals surface area contributed by atoms with Gasteiger partial charge >= 0.3 is 0 Å². The summed E-state index contributed by atoms with van der Waals surface area (Å²) in [6, 6.07) is 9.62. The highest BCUT2D eigenvalue weighted by Gasteiger charge is 2.21. The zero-order valence-electron chi connectivity index (χ0n) is 10.9. The second kappa shape index (κ2) is 6.18. The highest BCUT2D eigenvalue weighted by molar-refractivity contribution is 5.21. The van der Waals surface area contributed by atoms with Crippen LogP contribution in [-0.4, -0.2) is 26.3 Å². The van der Waals surface area contributed by atoms with Crippen molar-refractivity contribution in [3.8, 4) is 0 Å². The van der Waals surface area contributed by atoms with Gasteiger partial charge in [-0.15, -0.1) is 0 Å². The molecule has 2 rings (SSSR count). The standard InChI is InChI=1S/C15H23NO/c1-12-3-5-13(6-4-12)9-14(11-17-2)10-16-15-7-8-15/h3-6,14-16H,7-11H2,1-2H3. The van der Waals surface area contributed by atoms with E-state index in [4.69, 9.17) is 4.74 Å². The third kappa shape index (κ3) is 4.49. The van der Waals surface area contributed by atoms with E-state index in [9.17, 15) is 0 Å². The molecule has 1 unspecified atom stereocenters. The highest BCUT2D eigenvalue weighted by Crippen LogP contribution is 2.19. The lowest BCUT2D eigenvalue weighted by Gasteiger charge is -2.17. The number of aryl methyl sites for hydroxylation is 1. The molecule has 1 atom stereocenters. The van der Waals surface area contributed by atoms with E-state index in [1.54, 1.807) is 7.11 Å². The predicted octanol–water partition coefficient (Wildman–Crippen LogP) is 2.55. The van der Waals surface area contributed by atoms with Crippen molar-refractivity contribution < 1.29 is 4.74 Å². The Bertz CT molecular complexity index is 329. The van der Waals surface area contributed by atoms with Crippen molar-refractivity contribution in [3.63, 3.8) is 0 Å². The second-order valence-electron chi connectivity index (χ2n) is 5.19. The molecular formula is C15H23NO. The van der Waals surface area contributed by atoms with Crippen molar-refractivity contribution >= 4 is 0 Å². The first-order valence-corrected chi connectivity index (χ1v) is 6.56. The van der Waals surface area contributed by atoms with Gasteiger partial charge < -0.3 is 10.1 Å². The topological polar surface area (TPSA) is 21.3 Å². The maximum absolute atomic E-state index is 5.31. The molecule has 1 N–H and O–H groups in total. The molecule has 1 fully saturated rings. The Morgan fingerprint density at radius 1 is 1.29 bits per heavy atom. The largest absolute Gasteiger partial charge is 0.384 e. The minimum absolute atomic E-state index is 0.586. The molecule has 0 aromatic heterocycles. The normalized spacial score (nSPS) is 17.1. The lowest BCUT2D eigenvalue weighted by Crippen LogP contribution is -2.28. The molecule has 1 aliphatic rings. The zero-order valence-corrected chi connectivity index (χ0v) is 10.9. The van der Waals surface area contributed by atoms with Gasteiger partial charge in [-0.05, 0) is 37.7 Å². The van der Waals surface area contributed by atoms with Crippen molar-refractivity contribution in [2.45, 2.75) is 32.2 Å². The van der Waals surface area contributed by atoms with Crippen LogP contribution in [0.15, 0.2) is 24.3 Å². The van der Waals surface area contributed by atoms with E-state index in [2.05, 4.69) is 36.5 Å². The number of rotatable bonds is 7. The smallest absolute Gasteiger partial charge is 0.0505 e. The maximum atomic E-state index is 5.31. The van der Waals surface area contributed by atoms with Gasteiger partial charge in [0.25, 0.3) is 0 Å². The summed E-state index contributed by atoms with van der Waals surface area (Å²) in [5, 5.41) is 3.59. The van der Waals surface area contributed by atoms with Gasteiger partial charge in [-0.3, -0.25) is 0 Å². The number of ether oxygens (including phenoxy) is 1. The first-order chi connectivity index (χ1) is 8.28. The highest BCUT2D eigenvalue weighted by atomic mass is 16.5. The molecule has 0 bridgehead atoms. The van der Waals surface area contributed by atoms with Crippen LogP contribution in [0.4, 0.5) is 0 Å². The molecule has 1 aliphatic carbocycles. The number of hydrogen-bond donors (Lipinski definition) is 1. The Hall–Kier alpha value is -0.860. The molecule has 0 heterocycles. The summed E-state index contributed by atoms with van der Waals surface area (Å²) in [6.45, 7) is 4.05. The van der Waals surface area contributed by atoms with Gasteiger partial charge in [-0.2, -0.15) is 0 Å². The first kappa shape index (κ1) is 12.6. The Morgan fingerprint density at radius 3 is 2.59 bits per heavy atom. The fraction of sp³-hybridized carbons (Fsp3) is 0.600. The predicted molar refractivity (Wildman–Crippen MR) is 71.3 cm³/mol. The molecule has 2 heteroatoms. The summed E-state index contributed by atoms with van der Waals surface area (Å²) in [5.74, 6) is 0.586. The summed E-state index contributed by atoms with van der Waals surface area (Å²) >= 11 is 0. The van der Waals surface area contributed by atoms with Gasteiger partial charge in [0.15, 0.2) is 0 Å². The molecular weight excluding hydrogens is 210 g/mol. The quantitative estimate of drug-likeness (QED) is 0.781. The summed E-state index contributed by atoms with van der Waals surface area (Å²) in [4.78, 5) is 0. The lowest BCUT2D eigenvalue weighted by atomic mass is 9.99. The molecule has 0 saturated heterocycles. The van der Waals surface area contributed by atoms with E-state index in [-0.39, 0.29) is 0 Å². The molecule has 0 aliphatic heterocycles. The molecule has 1 aromatic carbocycles. The van der Waals surface area contributed by atoms with Crippen molar-refractivity contribution in [1.29, 1.82) is 0 Å². The Morgan fingerprint density at radius 2 is 2.00 bits per heavy atom. The minimum atomic E-state index is 0.586. The number of methoxy groups -OCH3 is 1. The fourth-order valence-corrected chi connectivity index (χ4v) is 2.10. The lowest BCUT2D eigenvalue weighted by molar-refractivity contribution is 0.150. The second-order valence-corrected chi connectivity index (χ2v) is 5.19. The van der Waals surface area contributed by atoms with E-state index in [0.717, 1.165) is 25.6 Å². The van der Waals surface area contributed by atoms with Crippen LogP contribution in [0.5, 0.6) is 0 Å². The van der Waals surface area contributed by atoms with Crippen molar-refractivity contribution in [1.82, 2.24) is 5.32 Å². The van der Waals surface area contributed by atoms with Crippen molar-refractivity contribution in [2.75, 3.05) is 20.3 Å². The third-order valence-electron chi connectivity index (χ3n) is 3.32. The van der Waals surface area contributed by atoms with Crippen molar-refractivity contribution in [2.24, 2.45) is 5.92 Å². The summed E-state index contributed by atoms with van der Waals surface area (Å²) in [6.07, 6.45) is 3.81. The summed E-state index contributed by atoms with van der Waals surface area (Å²) < 4.78 is 5.31. The zero-order chi connectivity index (χ0) is 12.1. The van der Waals surface area contributed by atoms with Crippen LogP contribution in [-0.2, 0) is 11.2 Å². The molecule has 1 saturated carbocycles. The molecule has 0 amide bonds. The van der Waals surface area contributed by atoms with E-state index in [1.165, 1.54) is 24.0 Å². The van der Waals surface area contributed by atoms with Crippen LogP contribution in [0.25, 0.3) is 0 Å². The van der Waals surface area contributed by atoms with E-state index >= 15 is 0 Å². The number of nitrogens with one attached hydrogen (secondary N) is 1. The Labute approximate surface area is 104 Å². The van der Waals surface area contributed by atoms with Gasteiger partial charge in [-0.1, -0.05) is 29.8 Å². The van der Waals surface area contributed by atoms with Gasteiger partial charge in [0, 0.05) is 19.7 Å². The Balaban J connectivity index is 1.84. The van der Waals surface area contributed by atoms with Crippen LogP contribution in [0, 0.1) is 12.8 Å².